The van der Waals surface area contributed by atoms with Gasteiger partial charge in [0.05, 0.1) is 0 Å². The lowest BCUT2D eigenvalue weighted by Crippen LogP contribution is -2.47. The van der Waals surface area contributed by atoms with Crippen LogP contribution in [-0.4, -0.2) is 36.9 Å². The number of allylic oxidation sites excluding steroid dienone is 4. The van der Waals surface area contributed by atoms with Crippen molar-refractivity contribution in [1.29, 1.82) is 0 Å². The number of aliphatic hydroxyl groups excluding tert-OH is 1. The summed E-state index contributed by atoms with van der Waals surface area (Å²) in [5.41, 5.74) is 0.158. The van der Waals surface area contributed by atoms with E-state index in [1.807, 2.05) is 0 Å². The van der Waals surface area contributed by atoms with Gasteiger partial charge in [0.1, 0.15) is 12.0 Å². The molecule has 0 aromatic heterocycles. The highest BCUT2D eigenvalue weighted by atomic mass is 16.5. The minimum Gasteiger partial charge on any atom is -0.381 e. The van der Waals surface area contributed by atoms with E-state index in [9.17, 15) is 9.90 Å². The van der Waals surface area contributed by atoms with Gasteiger partial charge in [-0.1, -0.05) is 69.8 Å². The zero-order valence-electron chi connectivity index (χ0n) is 20.4. The van der Waals surface area contributed by atoms with Crippen LogP contribution in [0.15, 0.2) is 24.3 Å². The van der Waals surface area contributed by atoms with E-state index in [-0.39, 0.29) is 5.41 Å². The number of carbonyl (C=O) groups is 1. The minimum atomic E-state index is -0.530. The molecule has 3 rings (SSSR count). The molecule has 1 saturated heterocycles. The molecular weight excluding hydrogens is 398 g/mol. The lowest BCUT2D eigenvalue weighted by Gasteiger charge is -2.43. The van der Waals surface area contributed by atoms with Gasteiger partial charge in [-0.3, -0.25) is 10.1 Å². The Morgan fingerprint density at radius 1 is 1.16 bits per heavy atom. The fourth-order valence-electron chi connectivity index (χ4n) is 6.20. The first-order chi connectivity index (χ1) is 15.6. The van der Waals surface area contributed by atoms with Crippen molar-refractivity contribution in [3.05, 3.63) is 24.3 Å². The lowest BCUT2D eigenvalue weighted by molar-refractivity contribution is -0.120. The van der Waals surface area contributed by atoms with E-state index in [4.69, 9.17) is 4.74 Å². The Bertz CT molecular complexity index is 608. The van der Waals surface area contributed by atoms with Crippen LogP contribution in [0.1, 0.15) is 96.8 Å². The van der Waals surface area contributed by atoms with E-state index in [0.29, 0.717) is 30.5 Å². The summed E-state index contributed by atoms with van der Waals surface area (Å²) in [7, 11) is 0. The molecule has 4 unspecified atom stereocenters. The number of hydrogen-bond acceptors (Lipinski definition) is 4. The summed E-state index contributed by atoms with van der Waals surface area (Å²) in [6.07, 6.45) is 23.4. The van der Waals surface area contributed by atoms with Gasteiger partial charge < -0.3 is 9.84 Å². The van der Waals surface area contributed by atoms with Gasteiger partial charge in [-0.15, -0.1) is 0 Å². The number of ketones is 1. The van der Waals surface area contributed by atoms with Crippen molar-refractivity contribution in [2.45, 2.75) is 103 Å². The first kappa shape index (κ1) is 25.6. The van der Waals surface area contributed by atoms with Crippen molar-refractivity contribution in [3.63, 3.8) is 0 Å². The maximum absolute atomic E-state index is 12.6. The number of hydrogen-bond donors (Lipinski definition) is 2. The van der Waals surface area contributed by atoms with Crippen molar-refractivity contribution in [1.82, 2.24) is 5.32 Å². The van der Waals surface area contributed by atoms with E-state index >= 15 is 0 Å². The molecule has 2 N–H and O–H groups in total. The van der Waals surface area contributed by atoms with E-state index in [1.165, 1.54) is 44.9 Å². The molecule has 182 valence electrons. The first-order valence-electron chi connectivity index (χ1n) is 13.5. The SMILES string of the molecule is CCCCC1CCCCC1CC(=O)CCCC(O)NCC1(C2C=CC=CC2)CCOCC1. The van der Waals surface area contributed by atoms with Crippen LogP contribution in [0.25, 0.3) is 0 Å². The Labute approximate surface area is 196 Å². The number of Topliss-reactive ketones (excluding diaryl/α,β-unsaturated/α-hetero) is 1. The molecule has 0 radical (unpaired) electrons. The molecule has 32 heavy (non-hydrogen) atoms. The highest BCUT2D eigenvalue weighted by molar-refractivity contribution is 5.78. The van der Waals surface area contributed by atoms with Crippen molar-refractivity contribution in [2.75, 3.05) is 19.8 Å². The van der Waals surface area contributed by atoms with Crippen LogP contribution in [0.3, 0.4) is 0 Å². The molecule has 2 aliphatic carbocycles. The summed E-state index contributed by atoms with van der Waals surface area (Å²) in [4.78, 5) is 12.6. The van der Waals surface area contributed by atoms with Crippen LogP contribution in [0, 0.1) is 23.2 Å². The van der Waals surface area contributed by atoms with Gasteiger partial charge in [0.2, 0.25) is 0 Å². The second kappa shape index (κ2) is 13.7. The maximum Gasteiger partial charge on any atom is 0.133 e. The molecule has 1 saturated carbocycles. The average Bonchev–Trinajstić information content (AvgIpc) is 2.83. The molecule has 4 atom stereocenters. The number of nitrogens with one attached hydrogen (secondary N) is 1. The number of aliphatic hydroxyl groups is 1. The molecule has 0 aromatic carbocycles. The van der Waals surface area contributed by atoms with Crippen LogP contribution >= 0.6 is 0 Å². The largest absolute Gasteiger partial charge is 0.381 e. The molecule has 0 bridgehead atoms. The van der Waals surface area contributed by atoms with Gasteiger partial charge in [-0.25, -0.2) is 0 Å². The minimum absolute atomic E-state index is 0.158. The third kappa shape index (κ3) is 7.81. The number of ether oxygens (including phenoxy) is 1. The van der Waals surface area contributed by atoms with Crippen molar-refractivity contribution >= 4 is 5.78 Å². The Balaban J connectivity index is 1.37. The van der Waals surface area contributed by atoms with Crippen LogP contribution in [0.4, 0.5) is 0 Å². The van der Waals surface area contributed by atoms with Crippen LogP contribution < -0.4 is 5.32 Å². The van der Waals surface area contributed by atoms with Crippen molar-refractivity contribution < 1.29 is 14.6 Å². The van der Waals surface area contributed by atoms with Gasteiger partial charge in [0, 0.05) is 32.6 Å². The smallest absolute Gasteiger partial charge is 0.133 e. The van der Waals surface area contributed by atoms with Crippen molar-refractivity contribution in [3.8, 4) is 0 Å². The van der Waals surface area contributed by atoms with Gasteiger partial charge in [0.25, 0.3) is 0 Å². The quantitative estimate of drug-likeness (QED) is 0.344. The predicted molar refractivity (Wildman–Crippen MR) is 131 cm³/mol. The summed E-state index contributed by atoms with van der Waals surface area (Å²) in [6.45, 7) is 4.69. The van der Waals surface area contributed by atoms with Gasteiger partial charge >= 0.3 is 0 Å². The molecule has 1 aliphatic heterocycles. The zero-order chi connectivity index (χ0) is 22.7. The molecule has 2 fully saturated rings. The number of unbranched alkanes of at least 4 members (excludes halogenated alkanes) is 1. The fraction of sp³-hybridized carbons (Fsp3) is 0.821. The molecular formula is C28H47NO3. The highest BCUT2D eigenvalue weighted by Gasteiger charge is 2.39. The van der Waals surface area contributed by atoms with E-state index in [2.05, 4.69) is 36.5 Å². The normalized spacial score (nSPS) is 28.5. The number of carbonyl (C=O) groups excluding carboxylic acids is 1. The Morgan fingerprint density at radius 2 is 1.94 bits per heavy atom. The third-order valence-corrected chi connectivity index (χ3v) is 8.36. The molecule has 4 heteroatoms. The summed E-state index contributed by atoms with van der Waals surface area (Å²) < 4.78 is 5.64. The standard InChI is InChI=1S/C28H47NO3/c1-2-3-10-23-11-7-8-12-24(23)21-26(30)15-9-16-27(31)29-22-28(17-19-32-20-18-28)25-13-5-4-6-14-25/h4-6,13,23-25,27,29,31H,2-3,7-12,14-22H2,1H3. The molecule has 3 aliphatic rings. The summed E-state index contributed by atoms with van der Waals surface area (Å²) in [5.74, 6) is 2.29. The zero-order valence-corrected chi connectivity index (χ0v) is 20.4. The van der Waals surface area contributed by atoms with Crippen molar-refractivity contribution in [2.24, 2.45) is 23.2 Å². The topological polar surface area (TPSA) is 58.6 Å². The molecule has 0 amide bonds. The maximum atomic E-state index is 12.6. The second-order valence-electron chi connectivity index (χ2n) is 10.6. The predicted octanol–water partition coefficient (Wildman–Crippen LogP) is 5.95. The Hall–Kier alpha value is -0.970. The van der Waals surface area contributed by atoms with Crippen LogP contribution in [0.5, 0.6) is 0 Å². The van der Waals surface area contributed by atoms with Crippen LogP contribution in [0.2, 0.25) is 0 Å². The second-order valence-corrected chi connectivity index (χ2v) is 10.6. The highest BCUT2D eigenvalue weighted by Crippen LogP contribution is 2.42. The summed E-state index contributed by atoms with van der Waals surface area (Å²) >= 11 is 0. The molecule has 0 spiro atoms. The average molecular weight is 446 g/mol. The molecule has 4 nitrogen and oxygen atoms in total. The Morgan fingerprint density at radius 3 is 2.66 bits per heavy atom. The van der Waals surface area contributed by atoms with Crippen LogP contribution in [-0.2, 0) is 9.53 Å². The fourth-order valence-corrected chi connectivity index (χ4v) is 6.20. The summed E-state index contributed by atoms with van der Waals surface area (Å²) in [6, 6.07) is 0. The van der Waals surface area contributed by atoms with Gasteiger partial charge in [-0.05, 0) is 61.7 Å². The van der Waals surface area contributed by atoms with E-state index in [1.54, 1.807) is 0 Å². The van der Waals surface area contributed by atoms with Gasteiger partial charge in [-0.2, -0.15) is 0 Å². The lowest BCUT2D eigenvalue weighted by atomic mass is 9.67. The van der Waals surface area contributed by atoms with Gasteiger partial charge in [0.15, 0.2) is 0 Å². The summed E-state index contributed by atoms with van der Waals surface area (Å²) in [5, 5.41) is 14.0. The van der Waals surface area contributed by atoms with E-state index in [0.717, 1.165) is 57.8 Å². The first-order valence-corrected chi connectivity index (χ1v) is 13.5. The van der Waals surface area contributed by atoms with E-state index < -0.39 is 6.23 Å². The molecule has 1 heterocycles. The Kier molecular flexibility index (Phi) is 11.0. The third-order valence-electron chi connectivity index (χ3n) is 8.36. The monoisotopic (exact) mass is 445 g/mol. The molecule has 0 aromatic rings. The number of rotatable bonds is 13.